The van der Waals surface area contributed by atoms with Crippen LogP contribution in [-0.2, 0) is 9.59 Å². The smallest absolute Gasteiger partial charge is 0.352 e. The van der Waals surface area contributed by atoms with Crippen molar-refractivity contribution >= 4 is 18.0 Å². The van der Waals surface area contributed by atoms with Crippen LogP contribution in [0.2, 0.25) is 0 Å². The highest BCUT2D eigenvalue weighted by Crippen LogP contribution is 2.28. The molecule has 0 fully saturated rings. The molecule has 1 aromatic carbocycles. The first-order chi connectivity index (χ1) is 9.97. The van der Waals surface area contributed by atoms with Crippen LogP contribution in [-0.4, -0.2) is 30.7 Å². The van der Waals surface area contributed by atoms with Crippen molar-refractivity contribution in [2.24, 2.45) is 0 Å². The van der Waals surface area contributed by atoms with Gasteiger partial charge in [0.15, 0.2) is 11.5 Å². The molecule has 0 radical (unpaired) electrons. The van der Waals surface area contributed by atoms with E-state index < -0.39 is 11.9 Å². The van der Waals surface area contributed by atoms with Crippen LogP contribution in [0.5, 0.6) is 11.5 Å². The molecule has 0 unspecified atom stereocenters. The third-order valence-electron chi connectivity index (χ3n) is 2.40. The first-order valence-corrected chi connectivity index (χ1v) is 6.12. The molecule has 0 aliphatic carbocycles. The lowest BCUT2D eigenvalue weighted by Gasteiger charge is -2.10. The summed E-state index contributed by atoms with van der Waals surface area (Å²) in [5.74, 6) is -0.709. The van der Waals surface area contributed by atoms with Crippen LogP contribution in [0.1, 0.15) is 12.5 Å². The van der Waals surface area contributed by atoms with Crippen molar-refractivity contribution in [3.05, 3.63) is 42.1 Å². The predicted molar refractivity (Wildman–Crippen MR) is 78.1 cm³/mol. The molecule has 0 bridgehead atoms. The number of methoxy groups -OCH3 is 1. The van der Waals surface area contributed by atoms with E-state index in [4.69, 9.17) is 14.6 Å². The Bertz CT molecular complexity index is 577. The average Bonchev–Trinajstić information content (AvgIpc) is 2.44. The van der Waals surface area contributed by atoms with Gasteiger partial charge in [0.05, 0.1) is 7.11 Å². The molecule has 6 nitrogen and oxygen atoms in total. The zero-order chi connectivity index (χ0) is 15.8. The second kappa shape index (κ2) is 7.74. The van der Waals surface area contributed by atoms with Gasteiger partial charge in [-0.05, 0) is 23.8 Å². The summed E-state index contributed by atoms with van der Waals surface area (Å²) in [6, 6.07) is 4.93. The van der Waals surface area contributed by atoms with Crippen LogP contribution in [0.25, 0.3) is 6.08 Å². The van der Waals surface area contributed by atoms with Crippen molar-refractivity contribution in [2.45, 2.75) is 6.92 Å². The van der Waals surface area contributed by atoms with Gasteiger partial charge in [-0.2, -0.15) is 0 Å². The molecule has 0 saturated heterocycles. The van der Waals surface area contributed by atoms with Crippen LogP contribution in [0.4, 0.5) is 0 Å². The van der Waals surface area contributed by atoms with E-state index in [2.05, 4.69) is 11.9 Å². The number of rotatable bonds is 7. The number of carbonyl (C=O) groups excluding carboxylic acids is 1. The lowest BCUT2D eigenvalue weighted by atomic mass is 10.1. The number of aliphatic carboxylic acids is 1. The Hall–Kier alpha value is -2.76. The molecular weight excluding hydrogens is 274 g/mol. The number of hydrogen-bond donors (Lipinski definition) is 2. The minimum atomic E-state index is -1.23. The summed E-state index contributed by atoms with van der Waals surface area (Å²) in [6.45, 7) is 5.09. The molecule has 1 aromatic rings. The van der Waals surface area contributed by atoms with Crippen LogP contribution >= 0.6 is 0 Å². The average molecular weight is 291 g/mol. The van der Waals surface area contributed by atoms with E-state index in [1.807, 2.05) is 0 Å². The highest BCUT2D eigenvalue weighted by molar-refractivity contribution is 5.96. The minimum Gasteiger partial charge on any atom is -0.493 e. The van der Waals surface area contributed by atoms with Crippen LogP contribution in [0.15, 0.2) is 36.6 Å². The number of carboxylic acids is 1. The normalized spacial score (nSPS) is 10.7. The molecular formula is C15H17NO5. The Morgan fingerprint density at radius 3 is 2.62 bits per heavy atom. The molecule has 0 aliphatic heterocycles. The van der Waals surface area contributed by atoms with Gasteiger partial charge in [-0.3, -0.25) is 4.79 Å². The van der Waals surface area contributed by atoms with E-state index in [0.29, 0.717) is 23.7 Å². The maximum atomic E-state index is 11.1. The largest absolute Gasteiger partial charge is 0.493 e. The van der Waals surface area contributed by atoms with Gasteiger partial charge in [-0.15, -0.1) is 0 Å². The zero-order valence-corrected chi connectivity index (χ0v) is 11.9. The number of carboxylic acid groups (broad SMARTS) is 1. The Labute approximate surface area is 122 Å². The quantitative estimate of drug-likeness (QED) is 0.591. The standard InChI is InChI=1S/C15H17NO5/c1-4-7-21-14-9-11(5-6-13(14)20-3)8-12(15(18)19)16-10(2)17/h4-6,8-9H,1,7H2,2-3H3,(H,16,17)(H,18,19)/b12-8+. The second-order valence-electron chi connectivity index (χ2n) is 4.05. The summed E-state index contributed by atoms with van der Waals surface area (Å²) >= 11 is 0. The number of nitrogens with one attached hydrogen (secondary N) is 1. The molecule has 112 valence electrons. The Balaban J connectivity index is 3.13. The molecule has 2 N–H and O–H groups in total. The van der Waals surface area contributed by atoms with Gasteiger partial charge in [-0.25, -0.2) is 4.79 Å². The molecule has 1 rings (SSSR count). The number of carbonyl (C=O) groups is 2. The number of ether oxygens (including phenoxy) is 2. The minimum absolute atomic E-state index is 0.220. The molecule has 0 spiro atoms. The number of amides is 1. The SMILES string of the molecule is C=CCOc1cc(/C=C(/NC(C)=O)C(=O)O)ccc1OC. The van der Waals surface area contributed by atoms with Gasteiger partial charge in [0.25, 0.3) is 0 Å². The predicted octanol–water partition coefficient (Wildman–Crippen LogP) is 1.82. The Morgan fingerprint density at radius 1 is 1.38 bits per heavy atom. The van der Waals surface area contributed by atoms with Crippen molar-refractivity contribution in [1.29, 1.82) is 0 Å². The lowest BCUT2D eigenvalue weighted by molar-refractivity contribution is -0.134. The molecule has 0 saturated carbocycles. The number of benzene rings is 1. The fraction of sp³-hybridized carbons (Fsp3) is 0.200. The van der Waals surface area contributed by atoms with Crippen molar-refractivity contribution in [1.82, 2.24) is 5.32 Å². The van der Waals surface area contributed by atoms with Gasteiger partial charge in [0, 0.05) is 6.92 Å². The van der Waals surface area contributed by atoms with Crippen molar-refractivity contribution in [3.63, 3.8) is 0 Å². The molecule has 0 aromatic heterocycles. The highest BCUT2D eigenvalue weighted by atomic mass is 16.5. The zero-order valence-electron chi connectivity index (χ0n) is 11.9. The van der Waals surface area contributed by atoms with Crippen molar-refractivity contribution in [3.8, 4) is 11.5 Å². The van der Waals surface area contributed by atoms with E-state index in [9.17, 15) is 9.59 Å². The monoisotopic (exact) mass is 291 g/mol. The van der Waals surface area contributed by atoms with E-state index in [-0.39, 0.29) is 5.70 Å². The first kappa shape index (κ1) is 16.3. The molecule has 0 heterocycles. The summed E-state index contributed by atoms with van der Waals surface area (Å²) in [5.41, 5.74) is 0.336. The fourth-order valence-corrected chi connectivity index (χ4v) is 1.55. The van der Waals surface area contributed by atoms with Crippen molar-refractivity contribution < 1.29 is 24.2 Å². The molecule has 6 heteroatoms. The number of hydrogen-bond acceptors (Lipinski definition) is 4. The van der Waals surface area contributed by atoms with Crippen LogP contribution < -0.4 is 14.8 Å². The van der Waals surface area contributed by atoms with E-state index in [0.717, 1.165) is 0 Å². The summed E-state index contributed by atoms with van der Waals surface area (Å²) in [4.78, 5) is 22.1. The molecule has 21 heavy (non-hydrogen) atoms. The van der Waals surface area contributed by atoms with Gasteiger partial charge >= 0.3 is 5.97 Å². The fourth-order valence-electron chi connectivity index (χ4n) is 1.55. The maximum absolute atomic E-state index is 11.1. The summed E-state index contributed by atoms with van der Waals surface area (Å²) in [5, 5.41) is 11.3. The lowest BCUT2D eigenvalue weighted by Crippen LogP contribution is -2.24. The highest BCUT2D eigenvalue weighted by Gasteiger charge is 2.10. The van der Waals surface area contributed by atoms with E-state index >= 15 is 0 Å². The first-order valence-electron chi connectivity index (χ1n) is 6.12. The summed E-state index contributed by atoms with van der Waals surface area (Å²) in [7, 11) is 1.51. The van der Waals surface area contributed by atoms with Gasteiger partial charge < -0.3 is 19.9 Å². The molecule has 0 aliphatic rings. The van der Waals surface area contributed by atoms with Gasteiger partial charge in [0.1, 0.15) is 12.3 Å². The maximum Gasteiger partial charge on any atom is 0.352 e. The topological polar surface area (TPSA) is 84.9 Å². The van der Waals surface area contributed by atoms with Gasteiger partial charge in [-0.1, -0.05) is 18.7 Å². The molecule has 1 amide bonds. The third-order valence-corrected chi connectivity index (χ3v) is 2.40. The Kier molecular flexibility index (Phi) is 6.00. The third kappa shape index (κ3) is 5.02. The van der Waals surface area contributed by atoms with E-state index in [1.54, 1.807) is 24.3 Å². The molecule has 0 atom stereocenters. The summed E-state index contributed by atoms with van der Waals surface area (Å²) < 4.78 is 10.6. The van der Waals surface area contributed by atoms with Crippen molar-refractivity contribution in [2.75, 3.05) is 13.7 Å². The van der Waals surface area contributed by atoms with Crippen LogP contribution in [0, 0.1) is 0 Å². The second-order valence-corrected chi connectivity index (χ2v) is 4.05. The Morgan fingerprint density at radius 2 is 2.10 bits per heavy atom. The van der Waals surface area contributed by atoms with Crippen LogP contribution in [0.3, 0.4) is 0 Å². The summed E-state index contributed by atoms with van der Waals surface area (Å²) in [6.07, 6.45) is 2.92. The van der Waals surface area contributed by atoms with E-state index in [1.165, 1.54) is 20.1 Å². The van der Waals surface area contributed by atoms with Gasteiger partial charge in [0.2, 0.25) is 5.91 Å².